The fraction of sp³-hybridized carbons (Fsp3) is 0.263. The number of hydrogen-bond donors (Lipinski definition) is 3. The van der Waals surface area contributed by atoms with Crippen molar-refractivity contribution in [1.29, 1.82) is 0 Å². The van der Waals surface area contributed by atoms with E-state index in [9.17, 15) is 9.59 Å². The van der Waals surface area contributed by atoms with E-state index in [1.54, 1.807) is 24.3 Å². The molecule has 0 unspecified atom stereocenters. The maximum Gasteiger partial charge on any atom is 0.253 e. The van der Waals surface area contributed by atoms with Crippen molar-refractivity contribution in [2.24, 2.45) is 5.92 Å². The van der Waals surface area contributed by atoms with Crippen molar-refractivity contribution < 1.29 is 9.59 Å². The second kappa shape index (κ2) is 7.17. The number of amides is 2. The number of nitrogens with one attached hydrogen (secondary N) is 2. The molecule has 2 aromatic rings. The first kappa shape index (κ1) is 16.1. The van der Waals surface area contributed by atoms with Crippen LogP contribution in [0.2, 0.25) is 0 Å². The Hall–Kier alpha value is -2.82. The van der Waals surface area contributed by atoms with Gasteiger partial charge in [-0.1, -0.05) is 30.7 Å². The van der Waals surface area contributed by atoms with Gasteiger partial charge in [0.15, 0.2) is 0 Å². The average Bonchev–Trinajstić information content (AvgIpc) is 2.51. The highest BCUT2D eigenvalue weighted by molar-refractivity contribution is 5.99. The molecule has 0 heterocycles. The summed E-state index contributed by atoms with van der Waals surface area (Å²) in [5, 5.41) is 5.79. The van der Waals surface area contributed by atoms with Crippen molar-refractivity contribution in [3.05, 3.63) is 59.7 Å². The number of nitrogen functional groups attached to an aromatic ring is 1. The van der Waals surface area contributed by atoms with E-state index in [0.717, 1.165) is 30.5 Å². The highest BCUT2D eigenvalue weighted by Gasteiger charge is 2.25. The Kier molecular flexibility index (Phi) is 4.79. The van der Waals surface area contributed by atoms with Crippen molar-refractivity contribution in [2.45, 2.75) is 25.8 Å². The van der Waals surface area contributed by atoms with Gasteiger partial charge in [-0.15, -0.1) is 0 Å². The smallest absolute Gasteiger partial charge is 0.253 e. The molecule has 0 spiro atoms. The molecule has 2 amide bonds. The summed E-state index contributed by atoms with van der Waals surface area (Å²) in [6.07, 6.45) is 3.08. The average molecular weight is 323 g/mol. The fourth-order valence-electron chi connectivity index (χ4n) is 2.66. The zero-order valence-electron chi connectivity index (χ0n) is 13.4. The molecule has 1 fully saturated rings. The molecular formula is C19H21N3O2. The predicted molar refractivity (Wildman–Crippen MR) is 94.4 cm³/mol. The zero-order valence-corrected chi connectivity index (χ0v) is 13.4. The minimum absolute atomic E-state index is 0.0829. The maximum absolute atomic E-state index is 12.2. The van der Waals surface area contributed by atoms with E-state index < -0.39 is 0 Å². The third kappa shape index (κ3) is 3.74. The number of rotatable bonds is 5. The summed E-state index contributed by atoms with van der Waals surface area (Å²) in [7, 11) is 0. The molecule has 0 saturated heterocycles. The summed E-state index contributed by atoms with van der Waals surface area (Å²) < 4.78 is 0. The second-order valence-electron chi connectivity index (χ2n) is 6.09. The standard InChI is InChI=1S/C19H21N3O2/c20-17-10-2-1-9-16(17)19(24)21-12-13-5-3-8-15(11-13)22-18(23)14-6-4-7-14/h1-3,5,8-11,14H,4,6-7,12,20H2,(H,21,24)(H,22,23). The van der Waals surface area contributed by atoms with Crippen LogP contribution in [0.15, 0.2) is 48.5 Å². The molecule has 0 aliphatic heterocycles. The molecule has 0 bridgehead atoms. The number of hydrogen-bond acceptors (Lipinski definition) is 3. The number of nitrogens with two attached hydrogens (primary N) is 1. The van der Waals surface area contributed by atoms with Crippen LogP contribution in [0, 0.1) is 5.92 Å². The molecule has 1 aliphatic rings. The molecule has 4 N–H and O–H groups in total. The SMILES string of the molecule is Nc1ccccc1C(=O)NCc1cccc(NC(=O)C2CCC2)c1. The van der Waals surface area contributed by atoms with Gasteiger partial charge in [0.25, 0.3) is 5.91 Å². The molecule has 0 aromatic heterocycles. The maximum atomic E-state index is 12.2. The third-order valence-corrected chi connectivity index (χ3v) is 4.33. The molecule has 124 valence electrons. The monoisotopic (exact) mass is 323 g/mol. The van der Waals surface area contributed by atoms with Gasteiger partial charge >= 0.3 is 0 Å². The first-order valence-electron chi connectivity index (χ1n) is 8.16. The van der Waals surface area contributed by atoms with Crippen LogP contribution in [0.4, 0.5) is 11.4 Å². The summed E-state index contributed by atoms with van der Waals surface area (Å²) in [6, 6.07) is 14.5. The van der Waals surface area contributed by atoms with Crippen molar-refractivity contribution in [1.82, 2.24) is 5.32 Å². The normalized spacial score (nSPS) is 13.8. The Morgan fingerprint density at radius 1 is 1.08 bits per heavy atom. The van der Waals surface area contributed by atoms with Gasteiger partial charge in [-0.25, -0.2) is 0 Å². The Bertz CT molecular complexity index is 754. The van der Waals surface area contributed by atoms with Crippen molar-refractivity contribution in [2.75, 3.05) is 11.1 Å². The highest BCUT2D eigenvalue weighted by Crippen LogP contribution is 2.27. The predicted octanol–water partition coefficient (Wildman–Crippen LogP) is 2.94. The summed E-state index contributed by atoms with van der Waals surface area (Å²) in [5.74, 6) is 0.0194. The molecule has 0 atom stereocenters. The Morgan fingerprint density at radius 3 is 2.58 bits per heavy atom. The Labute approximate surface area is 141 Å². The fourth-order valence-corrected chi connectivity index (χ4v) is 2.66. The van der Waals surface area contributed by atoms with Crippen LogP contribution in [0.1, 0.15) is 35.2 Å². The zero-order chi connectivity index (χ0) is 16.9. The molecule has 1 saturated carbocycles. The molecule has 5 nitrogen and oxygen atoms in total. The van der Waals surface area contributed by atoms with Crippen LogP contribution in [0.5, 0.6) is 0 Å². The second-order valence-corrected chi connectivity index (χ2v) is 6.09. The number of carbonyl (C=O) groups is 2. The van der Waals surface area contributed by atoms with E-state index in [0.29, 0.717) is 17.8 Å². The lowest BCUT2D eigenvalue weighted by Gasteiger charge is -2.24. The van der Waals surface area contributed by atoms with Gasteiger partial charge in [0, 0.05) is 23.8 Å². The van der Waals surface area contributed by atoms with E-state index in [-0.39, 0.29) is 17.7 Å². The number of benzene rings is 2. The lowest BCUT2D eigenvalue weighted by atomic mass is 9.85. The minimum atomic E-state index is -0.211. The van der Waals surface area contributed by atoms with Crippen molar-refractivity contribution in [3.63, 3.8) is 0 Å². The molecule has 5 heteroatoms. The molecule has 0 radical (unpaired) electrons. The molecule has 1 aliphatic carbocycles. The lowest BCUT2D eigenvalue weighted by molar-refractivity contribution is -0.122. The van der Waals surface area contributed by atoms with Crippen LogP contribution >= 0.6 is 0 Å². The first-order chi connectivity index (χ1) is 11.6. The Morgan fingerprint density at radius 2 is 1.88 bits per heavy atom. The van der Waals surface area contributed by atoms with E-state index >= 15 is 0 Å². The van der Waals surface area contributed by atoms with Gasteiger partial charge in [-0.3, -0.25) is 9.59 Å². The lowest BCUT2D eigenvalue weighted by Crippen LogP contribution is -2.28. The molecular weight excluding hydrogens is 302 g/mol. The third-order valence-electron chi connectivity index (χ3n) is 4.33. The number of carbonyl (C=O) groups excluding carboxylic acids is 2. The summed E-state index contributed by atoms with van der Waals surface area (Å²) in [6.45, 7) is 0.375. The van der Waals surface area contributed by atoms with Gasteiger partial charge in [0.05, 0.1) is 5.56 Å². The molecule has 2 aromatic carbocycles. The van der Waals surface area contributed by atoms with Crippen LogP contribution in [-0.4, -0.2) is 11.8 Å². The van der Waals surface area contributed by atoms with Gasteiger partial charge in [-0.05, 0) is 42.7 Å². The topological polar surface area (TPSA) is 84.2 Å². The van der Waals surface area contributed by atoms with Crippen LogP contribution in [0.25, 0.3) is 0 Å². The largest absolute Gasteiger partial charge is 0.398 e. The minimum Gasteiger partial charge on any atom is -0.398 e. The van der Waals surface area contributed by atoms with Crippen molar-refractivity contribution >= 4 is 23.2 Å². The number of para-hydroxylation sites is 1. The van der Waals surface area contributed by atoms with Gasteiger partial charge < -0.3 is 16.4 Å². The Balaban J connectivity index is 1.59. The van der Waals surface area contributed by atoms with E-state index in [4.69, 9.17) is 5.73 Å². The molecule has 24 heavy (non-hydrogen) atoms. The van der Waals surface area contributed by atoms with Crippen molar-refractivity contribution in [3.8, 4) is 0 Å². The first-order valence-corrected chi connectivity index (χ1v) is 8.16. The van der Waals surface area contributed by atoms with Gasteiger partial charge in [-0.2, -0.15) is 0 Å². The van der Waals surface area contributed by atoms with Gasteiger partial charge in [0.2, 0.25) is 5.91 Å². The van der Waals surface area contributed by atoms with Gasteiger partial charge in [0.1, 0.15) is 0 Å². The summed E-state index contributed by atoms with van der Waals surface area (Å²) in [4.78, 5) is 24.2. The molecule has 3 rings (SSSR count). The van der Waals surface area contributed by atoms with Crippen LogP contribution < -0.4 is 16.4 Å². The summed E-state index contributed by atoms with van der Waals surface area (Å²) in [5.41, 5.74) is 8.41. The van der Waals surface area contributed by atoms with E-state index in [2.05, 4.69) is 10.6 Å². The number of anilines is 2. The van der Waals surface area contributed by atoms with E-state index in [1.807, 2.05) is 24.3 Å². The van der Waals surface area contributed by atoms with Crippen LogP contribution in [0.3, 0.4) is 0 Å². The summed E-state index contributed by atoms with van der Waals surface area (Å²) >= 11 is 0. The highest BCUT2D eigenvalue weighted by atomic mass is 16.2. The quantitative estimate of drug-likeness (QED) is 0.740. The van der Waals surface area contributed by atoms with E-state index in [1.165, 1.54) is 0 Å². The van der Waals surface area contributed by atoms with Crippen LogP contribution in [-0.2, 0) is 11.3 Å².